The molecule has 124 valence electrons. The lowest BCUT2D eigenvalue weighted by molar-refractivity contribution is -0.120. The van der Waals surface area contributed by atoms with Gasteiger partial charge in [0, 0.05) is 17.2 Å². The van der Waals surface area contributed by atoms with E-state index in [1.807, 2.05) is 25.1 Å². The third-order valence-electron chi connectivity index (χ3n) is 3.75. The number of hydrogen-bond acceptors (Lipinski definition) is 3. The number of para-hydroxylation sites is 1. The Balaban J connectivity index is 1.78. The van der Waals surface area contributed by atoms with Gasteiger partial charge in [-0.3, -0.25) is 4.79 Å². The highest BCUT2D eigenvalue weighted by Crippen LogP contribution is 2.38. The number of benzene rings is 2. The second-order valence-corrected chi connectivity index (χ2v) is 6.29. The SMILES string of the molecule is Cc1ccc(NC(=O)Nc2cccc3c2OCC(=O)N3C)cc1Br. The normalized spacial score (nSPS) is 13.1. The van der Waals surface area contributed by atoms with Crippen molar-refractivity contribution in [2.24, 2.45) is 0 Å². The molecule has 0 unspecified atom stereocenters. The van der Waals surface area contributed by atoms with Crippen molar-refractivity contribution in [2.45, 2.75) is 6.92 Å². The minimum absolute atomic E-state index is 0.0469. The fourth-order valence-corrected chi connectivity index (χ4v) is 2.74. The van der Waals surface area contributed by atoms with Crippen LogP contribution in [0.15, 0.2) is 40.9 Å². The van der Waals surface area contributed by atoms with Crippen LogP contribution in [0.1, 0.15) is 5.56 Å². The minimum Gasteiger partial charge on any atom is -0.479 e. The van der Waals surface area contributed by atoms with Crippen molar-refractivity contribution >= 4 is 44.9 Å². The molecular weight excluding hydrogens is 374 g/mol. The van der Waals surface area contributed by atoms with Crippen molar-refractivity contribution in [1.82, 2.24) is 0 Å². The molecular formula is C17H16BrN3O3. The standard InChI is InChI=1S/C17H16BrN3O3/c1-10-6-7-11(8-12(10)18)19-17(23)20-13-4-3-5-14-16(13)24-9-15(22)21(14)2/h3-8H,9H2,1-2H3,(H2,19,20,23). The van der Waals surface area contributed by atoms with Crippen molar-refractivity contribution in [1.29, 1.82) is 0 Å². The number of rotatable bonds is 2. The van der Waals surface area contributed by atoms with Gasteiger partial charge >= 0.3 is 6.03 Å². The Hall–Kier alpha value is -2.54. The summed E-state index contributed by atoms with van der Waals surface area (Å²) in [4.78, 5) is 25.4. The number of anilines is 3. The van der Waals surface area contributed by atoms with E-state index in [2.05, 4.69) is 26.6 Å². The van der Waals surface area contributed by atoms with Crippen LogP contribution in [-0.4, -0.2) is 25.6 Å². The van der Waals surface area contributed by atoms with Crippen LogP contribution >= 0.6 is 15.9 Å². The molecule has 0 saturated carbocycles. The maximum absolute atomic E-state index is 12.2. The molecule has 1 heterocycles. The summed E-state index contributed by atoms with van der Waals surface area (Å²) in [5, 5.41) is 5.53. The second kappa shape index (κ2) is 6.52. The molecule has 0 saturated heterocycles. The van der Waals surface area contributed by atoms with Crippen LogP contribution in [0.2, 0.25) is 0 Å². The van der Waals surface area contributed by atoms with E-state index in [9.17, 15) is 9.59 Å². The van der Waals surface area contributed by atoms with Crippen LogP contribution in [0.5, 0.6) is 5.75 Å². The Labute approximate surface area is 147 Å². The van der Waals surface area contributed by atoms with Gasteiger partial charge in [0.1, 0.15) is 0 Å². The Morgan fingerprint density at radius 1 is 1.25 bits per heavy atom. The highest BCUT2D eigenvalue weighted by atomic mass is 79.9. The first-order chi connectivity index (χ1) is 11.5. The quantitative estimate of drug-likeness (QED) is 0.821. The Morgan fingerprint density at radius 2 is 2.04 bits per heavy atom. The molecule has 2 aromatic carbocycles. The van der Waals surface area contributed by atoms with Gasteiger partial charge in [-0.05, 0) is 36.8 Å². The third kappa shape index (κ3) is 3.21. The molecule has 1 aliphatic rings. The van der Waals surface area contributed by atoms with Gasteiger partial charge in [0.05, 0.1) is 11.4 Å². The number of carbonyl (C=O) groups excluding carboxylic acids is 2. The first kappa shape index (κ1) is 16.3. The molecule has 0 aliphatic carbocycles. The van der Waals surface area contributed by atoms with Gasteiger partial charge in [-0.15, -0.1) is 0 Å². The summed E-state index contributed by atoms with van der Waals surface area (Å²) in [5.74, 6) is 0.355. The summed E-state index contributed by atoms with van der Waals surface area (Å²) in [6, 6.07) is 10.4. The topological polar surface area (TPSA) is 70.7 Å². The predicted octanol–water partition coefficient (Wildman–Crippen LogP) is 3.76. The van der Waals surface area contributed by atoms with Crippen molar-refractivity contribution < 1.29 is 14.3 Å². The molecule has 1 aliphatic heterocycles. The molecule has 24 heavy (non-hydrogen) atoms. The van der Waals surface area contributed by atoms with Gasteiger partial charge in [0.2, 0.25) is 0 Å². The third-order valence-corrected chi connectivity index (χ3v) is 4.60. The predicted molar refractivity (Wildman–Crippen MR) is 96.9 cm³/mol. The van der Waals surface area contributed by atoms with Crippen molar-refractivity contribution in [3.8, 4) is 5.75 Å². The zero-order valence-electron chi connectivity index (χ0n) is 13.2. The lowest BCUT2D eigenvalue weighted by atomic mass is 10.2. The van der Waals surface area contributed by atoms with Crippen molar-refractivity contribution in [2.75, 3.05) is 29.2 Å². The maximum atomic E-state index is 12.2. The average molecular weight is 390 g/mol. The first-order valence-corrected chi connectivity index (χ1v) is 8.11. The highest BCUT2D eigenvalue weighted by molar-refractivity contribution is 9.10. The van der Waals surface area contributed by atoms with E-state index in [1.54, 1.807) is 25.2 Å². The second-order valence-electron chi connectivity index (χ2n) is 5.44. The largest absolute Gasteiger partial charge is 0.479 e. The molecule has 0 aromatic heterocycles. The molecule has 3 amide bonds. The van der Waals surface area contributed by atoms with Gasteiger partial charge in [0.25, 0.3) is 5.91 Å². The summed E-state index contributed by atoms with van der Waals surface area (Å²) < 4.78 is 6.40. The Bertz CT molecular complexity index is 823. The number of amides is 3. The number of fused-ring (bicyclic) bond motifs is 1. The molecule has 0 spiro atoms. The average Bonchev–Trinajstić information content (AvgIpc) is 2.55. The van der Waals surface area contributed by atoms with E-state index in [0.29, 0.717) is 22.8 Å². The van der Waals surface area contributed by atoms with Crippen LogP contribution < -0.4 is 20.3 Å². The molecule has 2 aromatic rings. The van der Waals surface area contributed by atoms with E-state index in [-0.39, 0.29) is 18.5 Å². The number of nitrogens with zero attached hydrogens (tertiary/aromatic N) is 1. The summed E-state index contributed by atoms with van der Waals surface area (Å²) in [5.41, 5.74) is 2.89. The van der Waals surface area contributed by atoms with E-state index < -0.39 is 0 Å². The summed E-state index contributed by atoms with van der Waals surface area (Å²) >= 11 is 3.44. The van der Waals surface area contributed by atoms with Crippen molar-refractivity contribution in [3.63, 3.8) is 0 Å². The van der Waals surface area contributed by atoms with Gasteiger partial charge in [0.15, 0.2) is 12.4 Å². The number of hydrogen-bond donors (Lipinski definition) is 2. The van der Waals surface area contributed by atoms with Crippen LogP contribution in [-0.2, 0) is 4.79 Å². The number of aryl methyl sites for hydroxylation is 1. The minimum atomic E-state index is -0.387. The van der Waals surface area contributed by atoms with E-state index >= 15 is 0 Å². The molecule has 7 heteroatoms. The van der Waals surface area contributed by atoms with Gasteiger partial charge in [-0.2, -0.15) is 0 Å². The van der Waals surface area contributed by atoms with Crippen LogP contribution in [0.4, 0.5) is 21.9 Å². The summed E-state index contributed by atoms with van der Waals surface area (Å²) in [6.45, 7) is 1.92. The number of ether oxygens (including phenoxy) is 1. The molecule has 0 bridgehead atoms. The fraction of sp³-hybridized carbons (Fsp3) is 0.176. The van der Waals surface area contributed by atoms with Gasteiger partial charge < -0.3 is 20.3 Å². The smallest absolute Gasteiger partial charge is 0.323 e. The summed E-state index contributed by atoms with van der Waals surface area (Å²) in [7, 11) is 1.68. The molecule has 6 nitrogen and oxygen atoms in total. The van der Waals surface area contributed by atoms with E-state index in [1.165, 1.54) is 4.90 Å². The van der Waals surface area contributed by atoms with Crippen molar-refractivity contribution in [3.05, 3.63) is 46.4 Å². The van der Waals surface area contributed by atoms with Crippen LogP contribution in [0.3, 0.4) is 0 Å². The molecule has 3 rings (SSSR count). The number of likely N-dealkylation sites (N-methyl/N-ethyl adjacent to an activating group) is 1. The summed E-state index contributed by atoms with van der Waals surface area (Å²) in [6.07, 6.45) is 0. The lowest BCUT2D eigenvalue weighted by Crippen LogP contribution is -2.36. The Morgan fingerprint density at radius 3 is 2.79 bits per heavy atom. The van der Waals surface area contributed by atoms with Gasteiger partial charge in [-0.25, -0.2) is 4.79 Å². The van der Waals surface area contributed by atoms with Crippen LogP contribution in [0.25, 0.3) is 0 Å². The fourth-order valence-electron chi connectivity index (χ4n) is 2.36. The molecule has 0 radical (unpaired) electrons. The first-order valence-electron chi connectivity index (χ1n) is 7.32. The zero-order chi connectivity index (χ0) is 17.3. The van der Waals surface area contributed by atoms with Gasteiger partial charge in [-0.1, -0.05) is 28.1 Å². The number of halogens is 1. The zero-order valence-corrected chi connectivity index (χ0v) is 14.8. The highest BCUT2D eigenvalue weighted by Gasteiger charge is 2.24. The number of carbonyl (C=O) groups is 2. The lowest BCUT2D eigenvalue weighted by Gasteiger charge is -2.27. The number of nitrogens with one attached hydrogen (secondary N) is 2. The maximum Gasteiger partial charge on any atom is 0.323 e. The van der Waals surface area contributed by atoms with E-state index in [4.69, 9.17) is 4.74 Å². The molecule has 2 N–H and O–H groups in total. The van der Waals surface area contributed by atoms with E-state index in [0.717, 1.165) is 10.0 Å². The monoisotopic (exact) mass is 389 g/mol. The Kier molecular flexibility index (Phi) is 4.44. The van der Waals surface area contributed by atoms with Crippen LogP contribution in [0, 0.1) is 6.92 Å². The molecule has 0 fully saturated rings. The number of urea groups is 1. The molecule has 0 atom stereocenters.